The number of hydrogen-bond donors (Lipinski definition) is 0. The SMILES string of the molecule is FC(F)(F)c1cccc(-c2cnn3cc(CN4CCC5(CC4)COC5)cnc23)n1. The molecule has 3 aromatic heterocycles. The van der Waals surface area contributed by atoms with Crippen LogP contribution in [0.4, 0.5) is 13.2 Å². The van der Waals surface area contributed by atoms with Crippen molar-refractivity contribution in [2.45, 2.75) is 25.6 Å². The molecule has 0 radical (unpaired) electrons. The molecule has 2 aliphatic rings. The second kappa shape index (κ2) is 6.77. The van der Waals surface area contributed by atoms with Crippen LogP contribution < -0.4 is 0 Å². The Hall–Kier alpha value is -2.52. The van der Waals surface area contributed by atoms with Crippen molar-refractivity contribution in [3.05, 3.63) is 48.0 Å². The van der Waals surface area contributed by atoms with E-state index < -0.39 is 11.9 Å². The zero-order valence-electron chi connectivity index (χ0n) is 15.7. The molecule has 0 atom stereocenters. The van der Waals surface area contributed by atoms with Gasteiger partial charge in [0.2, 0.25) is 0 Å². The van der Waals surface area contributed by atoms with E-state index in [0.29, 0.717) is 16.6 Å². The monoisotopic (exact) mass is 403 g/mol. The van der Waals surface area contributed by atoms with Crippen LogP contribution in [0.2, 0.25) is 0 Å². The van der Waals surface area contributed by atoms with Gasteiger partial charge in [-0.2, -0.15) is 18.3 Å². The van der Waals surface area contributed by atoms with E-state index in [9.17, 15) is 13.2 Å². The molecule has 2 saturated heterocycles. The summed E-state index contributed by atoms with van der Waals surface area (Å²) in [7, 11) is 0. The molecule has 0 saturated carbocycles. The second-order valence-corrected chi connectivity index (χ2v) is 7.96. The summed E-state index contributed by atoms with van der Waals surface area (Å²) < 4.78 is 45.9. The third kappa shape index (κ3) is 3.49. The average molecular weight is 403 g/mol. The molecule has 0 amide bonds. The van der Waals surface area contributed by atoms with Crippen molar-refractivity contribution < 1.29 is 17.9 Å². The fourth-order valence-corrected chi connectivity index (χ4v) is 4.04. The van der Waals surface area contributed by atoms with E-state index >= 15 is 0 Å². The number of halogens is 3. The van der Waals surface area contributed by atoms with Crippen LogP contribution >= 0.6 is 0 Å². The fraction of sp³-hybridized carbons (Fsp3) is 0.450. The van der Waals surface area contributed by atoms with Gasteiger partial charge in [0.05, 0.1) is 30.7 Å². The summed E-state index contributed by atoms with van der Waals surface area (Å²) in [5.41, 5.74) is 1.67. The summed E-state index contributed by atoms with van der Waals surface area (Å²) in [5, 5.41) is 4.28. The van der Waals surface area contributed by atoms with Crippen molar-refractivity contribution >= 4 is 5.65 Å². The fourth-order valence-electron chi connectivity index (χ4n) is 4.04. The third-order valence-corrected chi connectivity index (χ3v) is 5.86. The van der Waals surface area contributed by atoms with Gasteiger partial charge in [-0.25, -0.2) is 14.5 Å². The maximum atomic E-state index is 13.0. The van der Waals surface area contributed by atoms with Gasteiger partial charge in [-0.05, 0) is 38.1 Å². The van der Waals surface area contributed by atoms with E-state index in [-0.39, 0.29) is 5.69 Å². The molecule has 6 nitrogen and oxygen atoms in total. The highest BCUT2D eigenvalue weighted by molar-refractivity contribution is 5.74. The van der Waals surface area contributed by atoms with Crippen LogP contribution in [0.5, 0.6) is 0 Å². The number of aromatic nitrogens is 4. The number of pyridine rings is 1. The predicted molar refractivity (Wildman–Crippen MR) is 99.0 cm³/mol. The van der Waals surface area contributed by atoms with Gasteiger partial charge in [0.15, 0.2) is 5.65 Å². The first-order valence-electron chi connectivity index (χ1n) is 9.59. The molecule has 0 N–H and O–H groups in total. The quantitative estimate of drug-likeness (QED) is 0.671. The van der Waals surface area contributed by atoms with E-state index in [2.05, 4.69) is 20.0 Å². The van der Waals surface area contributed by atoms with E-state index in [0.717, 1.165) is 57.3 Å². The maximum absolute atomic E-state index is 13.0. The standard InChI is InChI=1S/C20H20F3N5O/c21-20(22,23)17-3-1-2-16(26-17)15-9-25-28-11-14(8-24-18(15)28)10-27-6-4-19(5-7-27)12-29-13-19/h1-3,8-9,11H,4-7,10,12-13H2. The van der Waals surface area contributed by atoms with Gasteiger partial charge in [0, 0.05) is 29.9 Å². The van der Waals surface area contributed by atoms with Gasteiger partial charge < -0.3 is 4.74 Å². The van der Waals surface area contributed by atoms with E-state index in [4.69, 9.17) is 4.74 Å². The highest BCUT2D eigenvalue weighted by Gasteiger charge is 2.41. The number of fused-ring (bicyclic) bond motifs is 1. The molecule has 152 valence electrons. The summed E-state index contributed by atoms with van der Waals surface area (Å²) in [6, 6.07) is 3.84. The Labute approximate surface area is 165 Å². The lowest BCUT2D eigenvalue weighted by atomic mass is 9.77. The van der Waals surface area contributed by atoms with Crippen molar-refractivity contribution in [3.8, 4) is 11.3 Å². The lowest BCUT2D eigenvalue weighted by molar-refractivity contribution is -0.141. The third-order valence-electron chi connectivity index (χ3n) is 5.86. The molecule has 0 aliphatic carbocycles. The largest absolute Gasteiger partial charge is 0.433 e. The first kappa shape index (κ1) is 18.5. The number of nitrogens with zero attached hydrogens (tertiary/aromatic N) is 5. The molecule has 0 unspecified atom stereocenters. The molecular weight excluding hydrogens is 383 g/mol. The summed E-state index contributed by atoms with van der Waals surface area (Å²) >= 11 is 0. The van der Waals surface area contributed by atoms with Gasteiger partial charge in [-0.1, -0.05) is 6.07 Å². The molecule has 1 spiro atoms. The Bertz CT molecular complexity index is 1030. The molecule has 2 fully saturated rings. The Morgan fingerprint density at radius 3 is 2.59 bits per heavy atom. The molecule has 2 aliphatic heterocycles. The number of likely N-dealkylation sites (tertiary alicyclic amines) is 1. The molecule has 3 aromatic rings. The minimum Gasteiger partial charge on any atom is -0.380 e. The van der Waals surface area contributed by atoms with Gasteiger partial charge in [0.25, 0.3) is 0 Å². The average Bonchev–Trinajstić information content (AvgIpc) is 3.10. The topological polar surface area (TPSA) is 55.5 Å². The van der Waals surface area contributed by atoms with Crippen LogP contribution in [-0.4, -0.2) is 50.8 Å². The van der Waals surface area contributed by atoms with E-state index in [1.54, 1.807) is 10.7 Å². The lowest BCUT2D eigenvalue weighted by Crippen LogP contribution is -2.50. The van der Waals surface area contributed by atoms with Crippen LogP contribution in [0.15, 0.2) is 36.8 Å². The number of ether oxygens (including phenoxy) is 1. The minimum atomic E-state index is -4.49. The van der Waals surface area contributed by atoms with Crippen LogP contribution in [0.1, 0.15) is 24.1 Å². The Balaban J connectivity index is 1.35. The predicted octanol–water partition coefficient (Wildman–Crippen LogP) is 3.42. The first-order valence-corrected chi connectivity index (χ1v) is 9.59. The van der Waals surface area contributed by atoms with Crippen molar-refractivity contribution in [1.29, 1.82) is 0 Å². The lowest BCUT2D eigenvalue weighted by Gasteiger charge is -2.47. The van der Waals surface area contributed by atoms with Gasteiger partial charge >= 0.3 is 6.18 Å². The van der Waals surface area contributed by atoms with Crippen molar-refractivity contribution in [2.75, 3.05) is 26.3 Å². The second-order valence-electron chi connectivity index (χ2n) is 7.96. The van der Waals surface area contributed by atoms with E-state index in [1.165, 1.54) is 18.3 Å². The number of rotatable bonds is 3. The Kier molecular flexibility index (Phi) is 4.32. The van der Waals surface area contributed by atoms with Crippen molar-refractivity contribution in [2.24, 2.45) is 5.41 Å². The molecule has 9 heteroatoms. The number of piperidine rings is 1. The maximum Gasteiger partial charge on any atom is 0.433 e. The zero-order valence-corrected chi connectivity index (χ0v) is 15.7. The van der Waals surface area contributed by atoms with Gasteiger partial charge in [0.1, 0.15) is 5.69 Å². The molecular formula is C20H20F3N5O. The minimum absolute atomic E-state index is 0.208. The molecule has 29 heavy (non-hydrogen) atoms. The zero-order chi connectivity index (χ0) is 20.1. The highest BCUT2D eigenvalue weighted by Crippen LogP contribution is 2.38. The Morgan fingerprint density at radius 2 is 1.90 bits per heavy atom. The first-order chi connectivity index (χ1) is 13.9. The molecule has 0 bridgehead atoms. The number of hydrogen-bond acceptors (Lipinski definition) is 5. The van der Waals surface area contributed by atoms with Crippen molar-refractivity contribution in [3.63, 3.8) is 0 Å². The van der Waals surface area contributed by atoms with Crippen LogP contribution in [0, 0.1) is 5.41 Å². The normalized spacial score (nSPS) is 19.6. The summed E-state index contributed by atoms with van der Waals surface area (Å²) in [4.78, 5) is 10.6. The van der Waals surface area contributed by atoms with Crippen molar-refractivity contribution in [1.82, 2.24) is 24.5 Å². The highest BCUT2D eigenvalue weighted by atomic mass is 19.4. The summed E-state index contributed by atoms with van der Waals surface area (Å²) in [6.45, 7) is 4.60. The summed E-state index contributed by atoms with van der Waals surface area (Å²) in [5.74, 6) is 0. The summed E-state index contributed by atoms with van der Waals surface area (Å²) in [6.07, 6.45) is 2.97. The van der Waals surface area contributed by atoms with E-state index in [1.807, 2.05) is 6.20 Å². The van der Waals surface area contributed by atoms with Gasteiger partial charge in [-0.3, -0.25) is 4.90 Å². The Morgan fingerprint density at radius 1 is 1.10 bits per heavy atom. The van der Waals surface area contributed by atoms with Crippen LogP contribution in [0.3, 0.4) is 0 Å². The smallest absolute Gasteiger partial charge is 0.380 e. The molecule has 5 heterocycles. The van der Waals surface area contributed by atoms with Crippen LogP contribution in [0.25, 0.3) is 16.9 Å². The number of alkyl halides is 3. The molecule has 0 aromatic carbocycles. The van der Waals surface area contributed by atoms with Gasteiger partial charge in [-0.15, -0.1) is 0 Å². The van der Waals surface area contributed by atoms with Crippen LogP contribution in [-0.2, 0) is 17.5 Å². The molecule has 5 rings (SSSR count).